The van der Waals surface area contributed by atoms with Crippen molar-refractivity contribution in [1.82, 2.24) is 5.32 Å². The fourth-order valence-corrected chi connectivity index (χ4v) is 5.13. The molecule has 0 aliphatic carbocycles. The molecule has 0 bridgehead atoms. The normalized spacial score (nSPS) is 11.9. The van der Waals surface area contributed by atoms with Crippen LogP contribution < -0.4 is 14.8 Å². The minimum atomic E-state index is -1.82. The van der Waals surface area contributed by atoms with Crippen molar-refractivity contribution < 1.29 is 29.3 Å². The van der Waals surface area contributed by atoms with E-state index in [-0.39, 0.29) is 0 Å². The largest absolute Gasteiger partial charge is 0.497 e. The van der Waals surface area contributed by atoms with Crippen molar-refractivity contribution in [2.24, 2.45) is 0 Å². The zero-order chi connectivity index (χ0) is 31.8. The first-order valence-corrected chi connectivity index (χ1v) is 15.7. The summed E-state index contributed by atoms with van der Waals surface area (Å²) in [4.78, 5) is 18.2. The zero-order valence-electron chi connectivity index (χ0n) is 26.4. The lowest BCUT2D eigenvalue weighted by molar-refractivity contribution is -0.159. The highest BCUT2D eigenvalue weighted by molar-refractivity contribution is 6.27. The Hall–Kier alpha value is -3.57. The minimum Gasteiger partial charge on any atom is -0.497 e. The molecule has 0 saturated carbocycles. The SMILES string of the molecule is CCCCCCCCCCCCC(C#N)(CCCNCCc1cccc(OC)c1)c1cccc(OC)c1.O=C(O)C(=O)O. The van der Waals surface area contributed by atoms with Crippen molar-refractivity contribution in [3.63, 3.8) is 0 Å². The third-order valence-corrected chi connectivity index (χ3v) is 7.66. The maximum absolute atomic E-state index is 10.4. The highest BCUT2D eigenvalue weighted by Crippen LogP contribution is 2.36. The smallest absolute Gasteiger partial charge is 0.414 e. The van der Waals surface area contributed by atoms with E-state index in [1.165, 1.54) is 63.4 Å². The lowest BCUT2D eigenvalue weighted by atomic mass is 9.74. The van der Waals surface area contributed by atoms with E-state index in [4.69, 9.17) is 29.3 Å². The van der Waals surface area contributed by atoms with E-state index < -0.39 is 17.4 Å². The van der Waals surface area contributed by atoms with Crippen LogP contribution in [0.1, 0.15) is 102 Å². The number of hydrogen-bond donors (Lipinski definition) is 3. The Morgan fingerprint density at radius 1 is 0.767 bits per heavy atom. The molecule has 2 aromatic rings. The number of hydrogen-bond acceptors (Lipinski definition) is 6. The lowest BCUT2D eigenvalue weighted by Crippen LogP contribution is -2.27. The van der Waals surface area contributed by atoms with Crippen LogP contribution in [0.3, 0.4) is 0 Å². The van der Waals surface area contributed by atoms with E-state index in [1.54, 1.807) is 14.2 Å². The van der Waals surface area contributed by atoms with Crippen molar-refractivity contribution in [2.75, 3.05) is 27.3 Å². The van der Waals surface area contributed by atoms with Gasteiger partial charge in [-0.05, 0) is 74.2 Å². The fourth-order valence-electron chi connectivity index (χ4n) is 5.13. The number of unbranched alkanes of at least 4 members (excludes halogenated alkanes) is 9. The maximum Gasteiger partial charge on any atom is 0.414 e. The van der Waals surface area contributed by atoms with E-state index in [0.717, 1.165) is 62.3 Å². The Balaban J connectivity index is 0.00000139. The van der Waals surface area contributed by atoms with Gasteiger partial charge in [0.25, 0.3) is 0 Å². The van der Waals surface area contributed by atoms with Gasteiger partial charge in [0.1, 0.15) is 11.5 Å². The summed E-state index contributed by atoms with van der Waals surface area (Å²) in [6, 6.07) is 19.2. The number of nitrogens with zero attached hydrogens (tertiary/aromatic N) is 1. The average molecular weight is 597 g/mol. The second-order valence-corrected chi connectivity index (χ2v) is 10.9. The van der Waals surface area contributed by atoms with E-state index in [0.29, 0.717) is 0 Å². The molecule has 0 spiro atoms. The third-order valence-electron chi connectivity index (χ3n) is 7.66. The first kappa shape index (κ1) is 37.5. The summed E-state index contributed by atoms with van der Waals surface area (Å²) in [6.07, 6.45) is 16.8. The van der Waals surface area contributed by atoms with Gasteiger partial charge in [-0.3, -0.25) is 0 Å². The van der Waals surface area contributed by atoms with E-state index in [1.807, 2.05) is 24.3 Å². The summed E-state index contributed by atoms with van der Waals surface area (Å²) < 4.78 is 10.8. The van der Waals surface area contributed by atoms with Gasteiger partial charge in [-0.1, -0.05) is 95.4 Å². The summed E-state index contributed by atoms with van der Waals surface area (Å²) in [5.41, 5.74) is 1.92. The van der Waals surface area contributed by atoms with Crippen LogP contribution >= 0.6 is 0 Å². The summed E-state index contributed by atoms with van der Waals surface area (Å²) in [7, 11) is 3.40. The van der Waals surface area contributed by atoms with Crippen LogP contribution in [0.5, 0.6) is 11.5 Å². The maximum atomic E-state index is 10.4. The van der Waals surface area contributed by atoms with Crippen molar-refractivity contribution >= 4 is 11.9 Å². The average Bonchev–Trinajstić information content (AvgIpc) is 3.03. The van der Waals surface area contributed by atoms with E-state index in [2.05, 4.69) is 42.6 Å². The van der Waals surface area contributed by atoms with Gasteiger partial charge in [-0.15, -0.1) is 0 Å². The molecule has 8 heteroatoms. The van der Waals surface area contributed by atoms with Crippen LogP contribution in [-0.4, -0.2) is 49.5 Å². The van der Waals surface area contributed by atoms with Crippen LogP contribution in [0.4, 0.5) is 0 Å². The molecular formula is C35H52N2O6. The molecule has 0 saturated heterocycles. The first-order valence-electron chi connectivity index (χ1n) is 15.7. The van der Waals surface area contributed by atoms with E-state index in [9.17, 15) is 5.26 Å². The van der Waals surface area contributed by atoms with Gasteiger partial charge in [0, 0.05) is 0 Å². The molecule has 43 heavy (non-hydrogen) atoms. The number of nitriles is 1. The summed E-state index contributed by atoms with van der Waals surface area (Å²) in [5.74, 6) is -1.91. The highest BCUT2D eigenvalue weighted by Gasteiger charge is 2.31. The fraction of sp³-hybridized carbons (Fsp3) is 0.571. The number of ether oxygens (including phenoxy) is 2. The Morgan fingerprint density at radius 3 is 1.86 bits per heavy atom. The zero-order valence-corrected chi connectivity index (χ0v) is 26.4. The van der Waals surface area contributed by atoms with Gasteiger partial charge in [0.05, 0.1) is 25.7 Å². The molecule has 0 heterocycles. The lowest BCUT2D eigenvalue weighted by Gasteiger charge is -2.28. The highest BCUT2D eigenvalue weighted by atomic mass is 16.5. The van der Waals surface area contributed by atoms with Crippen molar-refractivity contribution in [3.05, 3.63) is 59.7 Å². The third kappa shape index (κ3) is 16.0. The van der Waals surface area contributed by atoms with Gasteiger partial charge in [-0.2, -0.15) is 5.26 Å². The molecular weight excluding hydrogens is 544 g/mol. The van der Waals surface area contributed by atoms with Crippen molar-refractivity contribution in [2.45, 2.75) is 102 Å². The number of benzene rings is 2. The number of carboxylic acid groups (broad SMARTS) is 2. The Morgan fingerprint density at radius 2 is 1.30 bits per heavy atom. The number of carboxylic acids is 2. The first-order chi connectivity index (χ1) is 20.8. The number of carbonyl (C=O) groups is 2. The summed E-state index contributed by atoms with van der Waals surface area (Å²) in [6.45, 7) is 4.10. The minimum absolute atomic E-state index is 0.455. The molecule has 8 nitrogen and oxygen atoms in total. The molecule has 2 aromatic carbocycles. The predicted octanol–water partition coefficient (Wildman–Crippen LogP) is 7.54. The standard InChI is InChI=1S/C33H50N2O2.C2H2O4/c1-4-5-6-7-8-9-10-11-12-13-22-33(28-34,30-18-15-20-32(27-30)37-3)23-16-24-35-25-21-29-17-14-19-31(26-29)36-2;3-1(4)2(5)6/h14-15,17-20,26-27,35H,4-13,16,21-25H2,1-3H3;(H,3,4)(H,5,6). The number of methoxy groups -OCH3 is 2. The van der Waals surface area contributed by atoms with Gasteiger partial charge < -0.3 is 25.0 Å². The van der Waals surface area contributed by atoms with Gasteiger partial charge in [-0.25, -0.2) is 9.59 Å². The number of rotatable bonds is 21. The van der Waals surface area contributed by atoms with Crippen molar-refractivity contribution in [1.29, 1.82) is 5.26 Å². The molecule has 0 fully saturated rings. The van der Waals surface area contributed by atoms with Crippen LogP contribution in [0.15, 0.2) is 48.5 Å². The monoisotopic (exact) mass is 596 g/mol. The number of aliphatic carboxylic acids is 2. The second-order valence-electron chi connectivity index (χ2n) is 10.9. The quantitative estimate of drug-likeness (QED) is 0.0995. The topological polar surface area (TPSA) is 129 Å². The Labute approximate surface area is 258 Å². The Bertz CT molecular complexity index is 1090. The molecule has 1 atom stereocenters. The predicted molar refractivity (Wildman–Crippen MR) is 171 cm³/mol. The second kappa shape index (κ2) is 23.0. The van der Waals surface area contributed by atoms with Crippen LogP contribution in [0, 0.1) is 11.3 Å². The van der Waals surface area contributed by atoms with Gasteiger partial charge in [0.2, 0.25) is 0 Å². The number of nitrogens with one attached hydrogen (secondary N) is 1. The molecule has 2 rings (SSSR count). The summed E-state index contributed by atoms with van der Waals surface area (Å²) >= 11 is 0. The molecule has 0 radical (unpaired) electrons. The van der Waals surface area contributed by atoms with Crippen LogP contribution in [-0.2, 0) is 21.4 Å². The van der Waals surface area contributed by atoms with Crippen LogP contribution in [0.25, 0.3) is 0 Å². The molecule has 3 N–H and O–H groups in total. The molecule has 238 valence electrons. The molecule has 0 amide bonds. The van der Waals surface area contributed by atoms with Gasteiger partial charge >= 0.3 is 11.9 Å². The van der Waals surface area contributed by atoms with Gasteiger partial charge in [0.15, 0.2) is 0 Å². The van der Waals surface area contributed by atoms with Crippen molar-refractivity contribution in [3.8, 4) is 17.6 Å². The van der Waals surface area contributed by atoms with E-state index >= 15 is 0 Å². The van der Waals surface area contributed by atoms with Crippen LogP contribution in [0.2, 0.25) is 0 Å². The molecule has 0 aromatic heterocycles. The molecule has 0 aliphatic heterocycles. The molecule has 1 unspecified atom stereocenters. The Kier molecular flexibility index (Phi) is 20.0. The molecule has 0 aliphatic rings. The summed E-state index contributed by atoms with van der Waals surface area (Å²) in [5, 5.41) is 28.8.